The maximum absolute atomic E-state index is 12.5. The maximum Gasteiger partial charge on any atom is 0.472 e. The molecule has 10 nitrogen and oxygen atoms in total. The average molecular weight is 731 g/mol. The van der Waals surface area contributed by atoms with Gasteiger partial charge in [0.15, 0.2) is 6.10 Å². The van der Waals surface area contributed by atoms with E-state index in [-0.39, 0.29) is 19.4 Å². The SMILES string of the molecule is CCCCC/C=C\C/C=C\CCCCCCCC(=O)OC[C@H](COP(=O)(O)OC[C@@H](O)CO)OC(=O)CCCCCCC/C=C\CCCCC. The van der Waals surface area contributed by atoms with Crippen LogP contribution in [0.15, 0.2) is 36.5 Å². The summed E-state index contributed by atoms with van der Waals surface area (Å²) in [5.74, 6) is -0.954. The summed E-state index contributed by atoms with van der Waals surface area (Å²) in [6, 6.07) is 0. The number of carbonyl (C=O) groups is 2. The minimum absolute atomic E-state index is 0.170. The first-order chi connectivity index (χ1) is 24.2. The number of rotatable bonds is 36. The summed E-state index contributed by atoms with van der Waals surface area (Å²) in [7, 11) is -4.61. The van der Waals surface area contributed by atoms with Crippen molar-refractivity contribution in [2.45, 2.75) is 174 Å². The Hall–Kier alpha value is -1.81. The Morgan fingerprint density at radius 3 is 1.56 bits per heavy atom. The Morgan fingerprint density at radius 1 is 0.600 bits per heavy atom. The van der Waals surface area contributed by atoms with Crippen LogP contribution in [-0.2, 0) is 32.7 Å². The van der Waals surface area contributed by atoms with Gasteiger partial charge in [0.1, 0.15) is 12.7 Å². The number of ether oxygens (including phenoxy) is 2. The van der Waals surface area contributed by atoms with Crippen LogP contribution in [0, 0.1) is 0 Å². The van der Waals surface area contributed by atoms with Crippen molar-refractivity contribution in [1.29, 1.82) is 0 Å². The fraction of sp³-hybridized carbons (Fsp3) is 0.795. The molecule has 3 atom stereocenters. The second-order valence-electron chi connectivity index (χ2n) is 12.9. The monoisotopic (exact) mass is 730 g/mol. The Balaban J connectivity index is 4.39. The van der Waals surface area contributed by atoms with Crippen LogP contribution in [-0.4, -0.2) is 65.7 Å². The van der Waals surface area contributed by atoms with Gasteiger partial charge in [-0.2, -0.15) is 0 Å². The molecule has 0 aliphatic rings. The molecular formula is C39H71O10P. The molecule has 11 heteroatoms. The zero-order valence-electron chi connectivity index (χ0n) is 31.4. The molecule has 0 aliphatic heterocycles. The highest BCUT2D eigenvalue weighted by molar-refractivity contribution is 7.47. The van der Waals surface area contributed by atoms with Crippen LogP contribution in [0.5, 0.6) is 0 Å². The average Bonchev–Trinajstić information content (AvgIpc) is 3.10. The maximum atomic E-state index is 12.5. The predicted octanol–water partition coefficient (Wildman–Crippen LogP) is 9.61. The number of hydrogen-bond acceptors (Lipinski definition) is 9. The smallest absolute Gasteiger partial charge is 0.462 e. The van der Waals surface area contributed by atoms with Crippen molar-refractivity contribution < 1.29 is 47.8 Å². The number of unbranched alkanes of at least 4 members (excludes halogenated alkanes) is 16. The fourth-order valence-corrected chi connectivity index (χ4v) is 5.75. The molecule has 0 saturated heterocycles. The van der Waals surface area contributed by atoms with Crippen molar-refractivity contribution in [2.24, 2.45) is 0 Å². The van der Waals surface area contributed by atoms with Gasteiger partial charge >= 0.3 is 19.8 Å². The highest BCUT2D eigenvalue weighted by Crippen LogP contribution is 2.43. The third kappa shape index (κ3) is 34.6. The van der Waals surface area contributed by atoms with E-state index in [4.69, 9.17) is 19.1 Å². The molecule has 0 aliphatic carbocycles. The van der Waals surface area contributed by atoms with E-state index in [0.29, 0.717) is 12.8 Å². The van der Waals surface area contributed by atoms with E-state index in [1.54, 1.807) is 0 Å². The molecule has 0 amide bonds. The van der Waals surface area contributed by atoms with Crippen molar-refractivity contribution in [3.05, 3.63) is 36.5 Å². The van der Waals surface area contributed by atoms with Crippen LogP contribution in [0.2, 0.25) is 0 Å². The normalized spacial score (nSPS) is 14.4. The molecule has 0 aromatic rings. The summed E-state index contributed by atoms with van der Waals surface area (Å²) in [4.78, 5) is 34.8. The number of esters is 2. The molecule has 0 fully saturated rings. The van der Waals surface area contributed by atoms with E-state index < -0.39 is 51.8 Å². The van der Waals surface area contributed by atoms with Gasteiger partial charge in [-0.05, 0) is 70.6 Å². The lowest BCUT2D eigenvalue weighted by atomic mass is 10.1. The summed E-state index contributed by atoms with van der Waals surface area (Å²) in [5, 5.41) is 18.3. The van der Waals surface area contributed by atoms with Crippen LogP contribution in [0.1, 0.15) is 162 Å². The van der Waals surface area contributed by atoms with E-state index in [1.165, 1.54) is 38.5 Å². The topological polar surface area (TPSA) is 149 Å². The molecule has 50 heavy (non-hydrogen) atoms. The molecule has 0 saturated carbocycles. The molecule has 292 valence electrons. The number of hydrogen-bond donors (Lipinski definition) is 3. The first-order valence-electron chi connectivity index (χ1n) is 19.4. The Bertz CT molecular complexity index is 936. The third-order valence-corrected chi connectivity index (χ3v) is 8.97. The minimum Gasteiger partial charge on any atom is -0.462 e. The molecular weight excluding hydrogens is 659 g/mol. The molecule has 0 aromatic carbocycles. The second kappa shape index (κ2) is 35.6. The third-order valence-electron chi connectivity index (χ3n) is 8.02. The van der Waals surface area contributed by atoms with Crippen LogP contribution in [0.25, 0.3) is 0 Å². The van der Waals surface area contributed by atoms with E-state index in [0.717, 1.165) is 83.5 Å². The molecule has 0 heterocycles. The van der Waals surface area contributed by atoms with E-state index in [2.05, 4.69) is 54.8 Å². The lowest BCUT2D eigenvalue weighted by Crippen LogP contribution is -2.29. The van der Waals surface area contributed by atoms with Crippen LogP contribution >= 0.6 is 7.82 Å². The van der Waals surface area contributed by atoms with Gasteiger partial charge in [0, 0.05) is 12.8 Å². The number of aliphatic hydroxyl groups is 2. The molecule has 0 bridgehead atoms. The van der Waals surface area contributed by atoms with Gasteiger partial charge < -0.3 is 24.6 Å². The van der Waals surface area contributed by atoms with Crippen molar-refractivity contribution in [1.82, 2.24) is 0 Å². The summed E-state index contributed by atoms with van der Waals surface area (Å²) in [6.07, 6.45) is 34.0. The van der Waals surface area contributed by atoms with Gasteiger partial charge in [0.05, 0.1) is 19.8 Å². The number of carbonyl (C=O) groups excluding carboxylic acids is 2. The Morgan fingerprint density at radius 2 is 1.04 bits per heavy atom. The lowest BCUT2D eigenvalue weighted by Gasteiger charge is -2.20. The number of allylic oxidation sites excluding steroid dienone is 6. The highest BCUT2D eigenvalue weighted by Gasteiger charge is 2.27. The predicted molar refractivity (Wildman–Crippen MR) is 201 cm³/mol. The van der Waals surface area contributed by atoms with Gasteiger partial charge in [-0.15, -0.1) is 0 Å². The first kappa shape index (κ1) is 48.2. The molecule has 1 unspecified atom stereocenters. The highest BCUT2D eigenvalue weighted by atomic mass is 31.2. The molecule has 3 N–H and O–H groups in total. The molecule has 0 rings (SSSR count). The minimum atomic E-state index is -4.61. The van der Waals surface area contributed by atoms with Crippen molar-refractivity contribution in [3.8, 4) is 0 Å². The first-order valence-corrected chi connectivity index (χ1v) is 20.9. The second-order valence-corrected chi connectivity index (χ2v) is 14.4. The number of phosphoric acid groups is 1. The van der Waals surface area contributed by atoms with Gasteiger partial charge in [-0.1, -0.05) is 115 Å². The van der Waals surface area contributed by atoms with Gasteiger partial charge in [-0.25, -0.2) is 4.57 Å². The summed E-state index contributed by atoms with van der Waals surface area (Å²) < 4.78 is 32.6. The quantitative estimate of drug-likeness (QED) is 0.0246. The Labute approximate surface area is 303 Å². The zero-order valence-corrected chi connectivity index (χ0v) is 32.3. The lowest BCUT2D eigenvalue weighted by molar-refractivity contribution is -0.161. The summed E-state index contributed by atoms with van der Waals surface area (Å²) in [6.45, 7) is 2.28. The molecule has 0 radical (unpaired) electrons. The van der Waals surface area contributed by atoms with E-state index in [9.17, 15) is 24.2 Å². The van der Waals surface area contributed by atoms with Crippen molar-refractivity contribution in [2.75, 3.05) is 26.4 Å². The summed E-state index contributed by atoms with van der Waals surface area (Å²) in [5.41, 5.74) is 0. The number of phosphoric ester groups is 1. The van der Waals surface area contributed by atoms with E-state index >= 15 is 0 Å². The van der Waals surface area contributed by atoms with E-state index in [1.807, 2.05) is 0 Å². The Kier molecular flexibility index (Phi) is 34.3. The standard InChI is InChI=1S/C39H71O10P/c1-3-5-7-9-11-13-15-17-18-19-21-22-24-26-28-30-38(42)46-34-37(35-48-50(44,45)47-33-36(41)32-40)49-39(43)31-29-27-25-23-20-16-14-12-10-8-6-4-2/h11-14,17-18,36-37,40-41H,3-10,15-16,19-35H2,1-2H3,(H,44,45)/b13-11-,14-12-,18-17-/t36-,37+/m0/s1. The van der Waals surface area contributed by atoms with Gasteiger partial charge in [-0.3, -0.25) is 18.6 Å². The van der Waals surface area contributed by atoms with Crippen LogP contribution in [0.4, 0.5) is 0 Å². The van der Waals surface area contributed by atoms with Crippen LogP contribution < -0.4 is 0 Å². The molecule has 0 aromatic heterocycles. The largest absolute Gasteiger partial charge is 0.472 e. The zero-order chi connectivity index (χ0) is 37.0. The van der Waals surface area contributed by atoms with Crippen molar-refractivity contribution >= 4 is 19.8 Å². The summed E-state index contributed by atoms with van der Waals surface area (Å²) >= 11 is 0. The number of aliphatic hydroxyl groups excluding tert-OH is 2. The van der Waals surface area contributed by atoms with Gasteiger partial charge in [0.25, 0.3) is 0 Å². The molecule has 0 spiro atoms. The van der Waals surface area contributed by atoms with Crippen LogP contribution in [0.3, 0.4) is 0 Å². The van der Waals surface area contributed by atoms with Crippen molar-refractivity contribution in [3.63, 3.8) is 0 Å². The van der Waals surface area contributed by atoms with Gasteiger partial charge in [0.2, 0.25) is 0 Å². The fourth-order valence-electron chi connectivity index (χ4n) is 4.96.